The van der Waals surface area contributed by atoms with Crippen molar-refractivity contribution < 1.29 is 9.47 Å². The van der Waals surface area contributed by atoms with Crippen LogP contribution in [0.25, 0.3) is 16.7 Å². The summed E-state index contributed by atoms with van der Waals surface area (Å²) in [6.45, 7) is 0.509. The van der Waals surface area contributed by atoms with Gasteiger partial charge in [0, 0.05) is 36.6 Å². The van der Waals surface area contributed by atoms with Gasteiger partial charge in [-0.3, -0.25) is 0 Å². The minimum absolute atomic E-state index is 0.361. The highest BCUT2D eigenvalue weighted by molar-refractivity contribution is 5.91. The van der Waals surface area contributed by atoms with Crippen LogP contribution in [0.3, 0.4) is 0 Å². The first kappa shape index (κ1) is 17.5. The number of aromatic nitrogens is 5. The Balaban J connectivity index is 1.59. The average Bonchev–Trinajstić information content (AvgIpc) is 3.26. The summed E-state index contributed by atoms with van der Waals surface area (Å²) in [5.41, 5.74) is 7.80. The zero-order valence-corrected chi connectivity index (χ0v) is 15.5. The number of nitrogens with zero attached hydrogens (tertiary/aromatic N) is 5. The van der Waals surface area contributed by atoms with E-state index in [4.69, 9.17) is 15.2 Å². The topological polar surface area (TPSA) is 113 Å². The SMILES string of the molecule is COc1cc2nc(NCc3ccnc(-n4cccn4)c3)nc(N)c2cc1OC. The molecule has 0 radical (unpaired) electrons. The molecule has 4 rings (SSSR count). The molecule has 9 heteroatoms. The third-order valence-corrected chi connectivity index (χ3v) is 4.23. The van der Waals surface area contributed by atoms with Crippen molar-refractivity contribution in [3.05, 3.63) is 54.5 Å². The van der Waals surface area contributed by atoms with Gasteiger partial charge >= 0.3 is 0 Å². The second kappa shape index (κ2) is 7.39. The molecule has 0 saturated heterocycles. The largest absolute Gasteiger partial charge is 0.493 e. The highest BCUT2D eigenvalue weighted by Gasteiger charge is 2.12. The van der Waals surface area contributed by atoms with Crippen LogP contribution in [0.2, 0.25) is 0 Å². The Bertz CT molecular complexity index is 1110. The first-order valence-electron chi connectivity index (χ1n) is 8.56. The van der Waals surface area contributed by atoms with Gasteiger partial charge in [0.25, 0.3) is 0 Å². The summed E-state index contributed by atoms with van der Waals surface area (Å²) in [6.07, 6.45) is 5.29. The lowest BCUT2D eigenvalue weighted by molar-refractivity contribution is 0.356. The highest BCUT2D eigenvalue weighted by atomic mass is 16.5. The number of nitrogens with one attached hydrogen (secondary N) is 1. The second-order valence-corrected chi connectivity index (χ2v) is 5.98. The Morgan fingerprint density at radius 3 is 2.64 bits per heavy atom. The maximum Gasteiger partial charge on any atom is 0.225 e. The van der Waals surface area contributed by atoms with Crippen LogP contribution in [-0.2, 0) is 6.54 Å². The molecule has 4 aromatic rings. The number of fused-ring (bicyclic) bond motifs is 1. The van der Waals surface area contributed by atoms with E-state index in [1.165, 1.54) is 0 Å². The molecule has 0 atom stereocenters. The Kier molecular flexibility index (Phi) is 4.63. The number of methoxy groups -OCH3 is 2. The summed E-state index contributed by atoms with van der Waals surface area (Å²) < 4.78 is 12.4. The van der Waals surface area contributed by atoms with Crippen LogP contribution in [0.5, 0.6) is 11.5 Å². The van der Waals surface area contributed by atoms with Gasteiger partial charge in [-0.25, -0.2) is 14.6 Å². The fraction of sp³-hybridized carbons (Fsp3) is 0.158. The molecule has 0 bridgehead atoms. The number of pyridine rings is 1. The van der Waals surface area contributed by atoms with Crippen molar-refractivity contribution in [3.8, 4) is 17.3 Å². The molecule has 3 heterocycles. The van der Waals surface area contributed by atoms with E-state index in [1.54, 1.807) is 43.4 Å². The van der Waals surface area contributed by atoms with Gasteiger partial charge in [0.1, 0.15) is 5.82 Å². The van der Waals surface area contributed by atoms with Crippen molar-refractivity contribution in [3.63, 3.8) is 0 Å². The first-order valence-corrected chi connectivity index (χ1v) is 8.56. The number of ether oxygens (including phenoxy) is 2. The molecule has 9 nitrogen and oxygen atoms in total. The standard InChI is InChI=1S/C19H19N7O2/c1-27-15-9-13-14(10-16(15)28-2)24-19(25-18(13)20)22-11-12-4-6-21-17(8-12)26-7-3-5-23-26/h3-10H,11H2,1-2H3,(H3,20,22,24,25). The van der Waals surface area contributed by atoms with Gasteiger partial charge < -0.3 is 20.5 Å². The average molecular weight is 377 g/mol. The predicted octanol–water partition coefficient (Wildman–Crippen LogP) is 2.42. The Morgan fingerprint density at radius 1 is 1.07 bits per heavy atom. The van der Waals surface area contributed by atoms with Crippen molar-refractivity contribution >= 4 is 22.7 Å². The maximum atomic E-state index is 6.12. The van der Waals surface area contributed by atoms with Crippen molar-refractivity contribution in [1.29, 1.82) is 0 Å². The summed E-state index contributed by atoms with van der Waals surface area (Å²) in [7, 11) is 3.15. The first-order chi connectivity index (χ1) is 13.7. The predicted molar refractivity (Wildman–Crippen MR) is 106 cm³/mol. The third-order valence-electron chi connectivity index (χ3n) is 4.23. The van der Waals surface area contributed by atoms with Gasteiger partial charge in [-0.05, 0) is 29.8 Å². The summed E-state index contributed by atoms with van der Waals surface area (Å²) in [5.74, 6) is 2.68. The molecule has 1 aromatic carbocycles. The summed E-state index contributed by atoms with van der Waals surface area (Å²) >= 11 is 0. The summed E-state index contributed by atoms with van der Waals surface area (Å²) in [5, 5.41) is 8.10. The molecular formula is C19H19N7O2. The molecule has 3 aromatic heterocycles. The molecule has 0 aliphatic rings. The molecule has 142 valence electrons. The van der Waals surface area contributed by atoms with Crippen LogP contribution in [0, 0.1) is 0 Å². The molecule has 0 unspecified atom stereocenters. The number of benzene rings is 1. The summed E-state index contributed by atoms with van der Waals surface area (Å²) in [4.78, 5) is 13.2. The van der Waals surface area contributed by atoms with Crippen LogP contribution >= 0.6 is 0 Å². The fourth-order valence-electron chi connectivity index (χ4n) is 2.84. The molecule has 3 N–H and O–H groups in total. The minimum atomic E-state index is 0.361. The molecule has 0 amide bonds. The second-order valence-electron chi connectivity index (χ2n) is 5.98. The molecular weight excluding hydrogens is 358 g/mol. The van der Waals surface area contributed by atoms with Crippen molar-refractivity contribution in [2.24, 2.45) is 0 Å². The minimum Gasteiger partial charge on any atom is -0.493 e. The molecule has 28 heavy (non-hydrogen) atoms. The number of rotatable bonds is 6. The van der Waals surface area contributed by atoms with E-state index in [1.807, 2.05) is 24.4 Å². The van der Waals surface area contributed by atoms with E-state index >= 15 is 0 Å². The highest BCUT2D eigenvalue weighted by Crippen LogP contribution is 2.33. The van der Waals surface area contributed by atoms with Crippen LogP contribution in [-0.4, -0.2) is 39.0 Å². The Labute approximate surface area is 161 Å². The van der Waals surface area contributed by atoms with E-state index in [-0.39, 0.29) is 0 Å². The van der Waals surface area contributed by atoms with Gasteiger partial charge in [0.15, 0.2) is 17.3 Å². The molecule has 0 aliphatic carbocycles. The van der Waals surface area contributed by atoms with Crippen LogP contribution in [0.15, 0.2) is 48.9 Å². The van der Waals surface area contributed by atoms with Gasteiger partial charge in [0.2, 0.25) is 5.95 Å². The zero-order chi connectivity index (χ0) is 19.5. The smallest absolute Gasteiger partial charge is 0.225 e. The quantitative estimate of drug-likeness (QED) is 0.527. The van der Waals surface area contributed by atoms with Gasteiger partial charge in [-0.1, -0.05) is 0 Å². The molecule has 0 saturated carbocycles. The molecule has 0 fully saturated rings. The number of hydrogen-bond donors (Lipinski definition) is 2. The van der Waals surface area contributed by atoms with Crippen molar-refractivity contribution in [2.45, 2.75) is 6.54 Å². The van der Waals surface area contributed by atoms with E-state index in [9.17, 15) is 0 Å². The van der Waals surface area contributed by atoms with Gasteiger partial charge in [-0.2, -0.15) is 10.1 Å². The molecule has 0 spiro atoms. The van der Waals surface area contributed by atoms with E-state index < -0.39 is 0 Å². The van der Waals surface area contributed by atoms with E-state index in [0.29, 0.717) is 40.7 Å². The van der Waals surface area contributed by atoms with Gasteiger partial charge in [0.05, 0.1) is 19.7 Å². The van der Waals surface area contributed by atoms with Crippen LogP contribution < -0.4 is 20.5 Å². The third kappa shape index (κ3) is 3.37. The Hall–Kier alpha value is -3.88. The lowest BCUT2D eigenvalue weighted by atomic mass is 10.2. The number of anilines is 2. The Morgan fingerprint density at radius 2 is 1.89 bits per heavy atom. The molecule has 0 aliphatic heterocycles. The van der Waals surface area contributed by atoms with Crippen LogP contribution in [0.1, 0.15) is 5.56 Å². The van der Waals surface area contributed by atoms with Crippen molar-refractivity contribution in [2.75, 3.05) is 25.3 Å². The summed E-state index contributed by atoms with van der Waals surface area (Å²) in [6, 6.07) is 9.25. The number of nitrogen functional groups attached to an aromatic ring is 1. The number of hydrogen-bond acceptors (Lipinski definition) is 8. The fourth-order valence-corrected chi connectivity index (χ4v) is 2.84. The lowest BCUT2D eigenvalue weighted by Gasteiger charge is -2.12. The monoisotopic (exact) mass is 377 g/mol. The normalized spacial score (nSPS) is 10.8. The van der Waals surface area contributed by atoms with E-state index in [0.717, 1.165) is 11.4 Å². The van der Waals surface area contributed by atoms with Crippen molar-refractivity contribution in [1.82, 2.24) is 24.7 Å². The van der Waals surface area contributed by atoms with Gasteiger partial charge in [-0.15, -0.1) is 0 Å². The van der Waals surface area contributed by atoms with Crippen LogP contribution in [0.4, 0.5) is 11.8 Å². The number of nitrogens with two attached hydrogens (primary N) is 1. The zero-order valence-electron chi connectivity index (χ0n) is 15.5. The van der Waals surface area contributed by atoms with E-state index in [2.05, 4.69) is 25.4 Å². The lowest BCUT2D eigenvalue weighted by Crippen LogP contribution is -2.07. The maximum absolute atomic E-state index is 6.12.